The first-order chi connectivity index (χ1) is 39.1. The molecule has 0 radical (unpaired) electrons. The van der Waals surface area contributed by atoms with E-state index < -0.39 is 66.3 Å². The summed E-state index contributed by atoms with van der Waals surface area (Å²) in [5.74, 6) is 0.437. The Hall–Kier alpha value is -8.11. The van der Waals surface area contributed by atoms with E-state index in [1.807, 2.05) is 111 Å². The number of aromatic nitrogens is 4. The smallest absolute Gasteiger partial charge is 0.268 e. The third-order valence-corrected chi connectivity index (χ3v) is 12.8. The van der Waals surface area contributed by atoms with E-state index >= 15 is 0 Å². The predicted octanol–water partition coefficient (Wildman–Crippen LogP) is 16.2. The Morgan fingerprint density at radius 3 is 1.93 bits per heavy atom. The van der Waals surface area contributed by atoms with E-state index in [0.717, 1.165) is 44.1 Å². The molecule has 0 bridgehead atoms. The number of pyridine rings is 1. The molecule has 0 aliphatic rings. The quantitative estimate of drug-likeness (QED) is 0.0903. The molecule has 6 heteroatoms. The zero-order valence-corrected chi connectivity index (χ0v) is 40.8. The van der Waals surface area contributed by atoms with Crippen molar-refractivity contribution in [1.29, 1.82) is 0 Å². The van der Waals surface area contributed by atoms with E-state index in [9.17, 15) is 1.37 Å². The molecule has 12 rings (SSSR count). The van der Waals surface area contributed by atoms with Gasteiger partial charge in [-0.05, 0) is 86.4 Å². The molecule has 0 aliphatic heterocycles. The molecule has 3 heterocycles. The Labute approximate surface area is 444 Å². The second-order valence-corrected chi connectivity index (χ2v) is 16.7. The Kier molecular flexibility index (Phi) is 9.50. The number of imidazole rings is 1. The second-order valence-electron chi connectivity index (χ2n) is 16.7. The van der Waals surface area contributed by atoms with Crippen LogP contribution in [-0.2, 0) is 21.1 Å². The Morgan fingerprint density at radius 2 is 1.23 bits per heavy atom. The van der Waals surface area contributed by atoms with Crippen molar-refractivity contribution in [3.05, 3.63) is 248 Å². The van der Waals surface area contributed by atoms with Gasteiger partial charge < -0.3 is 13.9 Å². The van der Waals surface area contributed by atoms with Crippen LogP contribution in [0.2, 0.25) is 0 Å². The molecule has 9 aromatic carbocycles. The van der Waals surface area contributed by atoms with Gasteiger partial charge in [-0.3, -0.25) is 4.57 Å². The fourth-order valence-corrected chi connectivity index (χ4v) is 9.48. The Bertz CT molecular complexity index is 4360. The van der Waals surface area contributed by atoms with Crippen molar-refractivity contribution in [2.45, 2.75) is 32.6 Å². The van der Waals surface area contributed by atoms with E-state index in [0.29, 0.717) is 52.4 Å². The van der Waals surface area contributed by atoms with Crippen LogP contribution in [0.4, 0.5) is 0 Å². The molecule has 0 atom stereocenters. The number of ether oxygens (including phenoxy) is 1. The van der Waals surface area contributed by atoms with Crippen LogP contribution in [0.25, 0.3) is 94.5 Å². The summed E-state index contributed by atoms with van der Waals surface area (Å²) in [6.45, 7) is 4.10. The maximum Gasteiger partial charge on any atom is 0.268 e. The van der Waals surface area contributed by atoms with Crippen molar-refractivity contribution in [3.63, 3.8) is 0 Å². The van der Waals surface area contributed by atoms with E-state index in [2.05, 4.69) is 53.4 Å². The number of fused-ring (bicyclic) bond motifs is 4. The molecule has 5 nitrogen and oxygen atoms in total. The average Bonchev–Trinajstić information content (AvgIpc) is 4.27. The van der Waals surface area contributed by atoms with Crippen molar-refractivity contribution < 1.29 is 45.4 Å². The molecule has 71 heavy (non-hydrogen) atoms. The molecular formula is C65H48N4OPt-2. The minimum atomic E-state index is -0.900. The minimum Gasteiger partial charge on any atom is -0.510 e. The van der Waals surface area contributed by atoms with E-state index in [4.69, 9.17) is 23.4 Å². The average molecular weight is 1110 g/mol. The van der Waals surface area contributed by atoms with E-state index in [1.54, 1.807) is 45.5 Å². The number of para-hydroxylation sites is 3. The van der Waals surface area contributed by atoms with Crippen molar-refractivity contribution >= 4 is 32.8 Å². The van der Waals surface area contributed by atoms with Gasteiger partial charge in [0.1, 0.15) is 5.82 Å². The van der Waals surface area contributed by atoms with Gasteiger partial charge in [-0.15, -0.1) is 29.7 Å². The van der Waals surface area contributed by atoms with Gasteiger partial charge in [-0.25, -0.2) is 4.98 Å². The number of hydrogen-bond acceptors (Lipinski definition) is 2. The summed E-state index contributed by atoms with van der Waals surface area (Å²) < 4.78 is 109. The van der Waals surface area contributed by atoms with Crippen LogP contribution in [0.3, 0.4) is 0 Å². The van der Waals surface area contributed by atoms with Crippen LogP contribution in [-0.4, -0.2) is 14.1 Å². The molecule has 0 N–H and O–H groups in total. The number of benzene rings is 9. The molecule has 0 fully saturated rings. The van der Waals surface area contributed by atoms with Crippen LogP contribution in [0, 0.1) is 18.5 Å². The molecule has 0 saturated heterocycles. The van der Waals surface area contributed by atoms with Gasteiger partial charge in [-0.2, -0.15) is 18.2 Å². The van der Waals surface area contributed by atoms with Crippen molar-refractivity contribution in [3.8, 4) is 73.2 Å². The van der Waals surface area contributed by atoms with Gasteiger partial charge in [-0.1, -0.05) is 195 Å². The summed E-state index contributed by atoms with van der Waals surface area (Å²) in [4.78, 5) is 5.13. The minimum absolute atomic E-state index is 0. The largest absolute Gasteiger partial charge is 0.510 e. The molecule has 0 amide bonds. The summed E-state index contributed by atoms with van der Waals surface area (Å²) in [7, 11) is 0. The molecule has 3 aromatic heterocycles. The maximum absolute atomic E-state index is 9.77. The van der Waals surface area contributed by atoms with Crippen LogP contribution >= 0.6 is 0 Å². The molecule has 346 valence electrons. The summed E-state index contributed by atoms with van der Waals surface area (Å²) >= 11 is 0. The van der Waals surface area contributed by atoms with Crippen LogP contribution in [0.5, 0.6) is 11.5 Å². The number of nitrogens with zero attached hydrogens (tertiary/aromatic N) is 4. The maximum atomic E-state index is 9.77. The molecule has 12 aromatic rings. The standard InChI is InChI=1S/C65H48N4O.Pt/c1-3-45(4-2)57-42-64(66-43-59(57)49-27-15-8-16-28-49)69-60-38-35-50(46-21-9-5-10-22-46)39-58(60)56-37-36-53(41-63(56)69)70-52-30-19-29-51(40-52)67-44-68(62-34-18-17-33-61(62)67)65-54(47-23-11-6-12-24-47)31-20-32-55(65)48-25-13-7-14-26-48;/h5-39,42-43,45H,3-4H2,1-2H3;/q-2;/i6D,7D,11D,12D,13D,14D,23D,24D,25D,26D,45D;. The third-order valence-electron chi connectivity index (χ3n) is 12.8. The number of rotatable bonds is 12. The predicted molar refractivity (Wildman–Crippen MR) is 285 cm³/mol. The molecule has 0 spiro atoms. The van der Waals surface area contributed by atoms with Gasteiger partial charge >= 0.3 is 0 Å². The van der Waals surface area contributed by atoms with Crippen molar-refractivity contribution in [2.75, 3.05) is 0 Å². The van der Waals surface area contributed by atoms with Gasteiger partial charge in [0.15, 0.2) is 0 Å². The van der Waals surface area contributed by atoms with Gasteiger partial charge in [0.2, 0.25) is 0 Å². The van der Waals surface area contributed by atoms with Crippen molar-refractivity contribution in [2.24, 2.45) is 0 Å². The third kappa shape index (κ3) is 8.47. The second kappa shape index (κ2) is 19.7. The summed E-state index contributed by atoms with van der Waals surface area (Å²) in [5.41, 5.74) is 8.17. The topological polar surface area (TPSA) is 35.9 Å². The number of hydrogen-bond donors (Lipinski definition) is 0. The molecule has 0 unspecified atom stereocenters. The first kappa shape index (κ1) is 34.2. The molecule has 0 aliphatic carbocycles. The fourth-order valence-electron chi connectivity index (χ4n) is 9.48. The first-order valence-corrected chi connectivity index (χ1v) is 23.2. The molecule has 0 saturated carbocycles. The summed E-state index contributed by atoms with van der Waals surface area (Å²) in [6, 6.07) is 51.7. The van der Waals surface area contributed by atoms with Gasteiger partial charge in [0.25, 0.3) is 6.33 Å². The zero-order valence-electron chi connectivity index (χ0n) is 49.5. The Morgan fingerprint density at radius 1 is 0.577 bits per heavy atom. The summed E-state index contributed by atoms with van der Waals surface area (Å²) in [5, 5.41) is 1.89. The fraction of sp³-hybridized carbons (Fsp3) is 0.0769. The van der Waals surface area contributed by atoms with Crippen LogP contribution in [0.1, 0.15) is 53.2 Å². The monoisotopic (exact) mass is 1110 g/mol. The molecular weight excluding hydrogens is 1050 g/mol. The van der Waals surface area contributed by atoms with Gasteiger partial charge in [0.05, 0.1) is 30.4 Å². The zero-order chi connectivity index (χ0) is 56.6. The first-order valence-electron chi connectivity index (χ1n) is 28.7. The van der Waals surface area contributed by atoms with Crippen LogP contribution < -0.4 is 9.30 Å². The normalized spacial score (nSPS) is 13.7. The van der Waals surface area contributed by atoms with Gasteiger partial charge in [0, 0.05) is 51.2 Å². The Balaban J connectivity index is 0.00000705. The summed E-state index contributed by atoms with van der Waals surface area (Å²) in [6.07, 6.45) is 6.48. The van der Waals surface area contributed by atoms with E-state index in [1.165, 1.54) is 0 Å². The van der Waals surface area contributed by atoms with Crippen LogP contribution in [0.15, 0.2) is 224 Å². The SMILES string of the molecule is [2H]c1c([2H])c([2H])c(-c2cccc(-c3c([2H])c([2H])c([2H])c([2H])c3[2H])c2-[n+]2[c-]n(-c3[c-]c(Oc4[c-]c5c(cc4)c4cc(-c6ccccc6)ccc4n5-c4cc(C([2H])(CC)CC)c(-c5ccccc5)cn4)ccc3)c3ccccc32)c([2H])c1[2H].[Pt]. The van der Waals surface area contributed by atoms with Crippen molar-refractivity contribution in [1.82, 2.24) is 14.1 Å². The van der Waals surface area contributed by atoms with E-state index in [-0.39, 0.29) is 49.0 Å².